The fraction of sp³-hybridized carbons (Fsp3) is 0.875. The molecule has 0 spiro atoms. The van der Waals surface area contributed by atoms with Crippen molar-refractivity contribution in [2.45, 2.75) is 38.5 Å². The molecule has 4 saturated carbocycles. The Balaban J connectivity index is 1.66. The van der Waals surface area contributed by atoms with E-state index in [-0.39, 0.29) is 11.8 Å². The molecule has 2 bridgehead atoms. The van der Waals surface area contributed by atoms with Crippen molar-refractivity contribution < 1.29 is 9.59 Å². The van der Waals surface area contributed by atoms with E-state index in [1.807, 2.05) is 0 Å². The molecule has 98 valence electrons. The van der Waals surface area contributed by atoms with Gasteiger partial charge in [-0.15, -0.1) is 0 Å². The van der Waals surface area contributed by atoms with Crippen molar-refractivity contribution in [1.29, 1.82) is 0 Å². The lowest BCUT2D eigenvalue weighted by Crippen LogP contribution is -2.36. The zero-order chi connectivity index (χ0) is 12.3. The fourth-order valence-corrected chi connectivity index (χ4v) is 6.45. The number of aldehydes is 2. The average Bonchev–Trinajstić information content (AvgIpc) is 3.06. The van der Waals surface area contributed by atoms with Crippen LogP contribution >= 0.6 is 0 Å². The first-order valence-corrected chi connectivity index (χ1v) is 7.75. The van der Waals surface area contributed by atoms with E-state index in [1.165, 1.54) is 32.1 Å². The van der Waals surface area contributed by atoms with Gasteiger partial charge in [-0.3, -0.25) is 0 Å². The molecule has 0 aromatic carbocycles. The third kappa shape index (κ3) is 1.24. The Kier molecular flexibility index (Phi) is 2.43. The molecule has 0 amide bonds. The average molecular weight is 246 g/mol. The summed E-state index contributed by atoms with van der Waals surface area (Å²) in [6, 6.07) is 0. The lowest BCUT2D eigenvalue weighted by molar-refractivity contribution is -0.120. The molecule has 8 unspecified atom stereocenters. The molecule has 0 saturated heterocycles. The summed E-state index contributed by atoms with van der Waals surface area (Å²) in [7, 11) is 0. The maximum absolute atomic E-state index is 11.4. The van der Waals surface area contributed by atoms with Gasteiger partial charge in [-0.2, -0.15) is 0 Å². The third-order valence-corrected chi connectivity index (χ3v) is 6.87. The van der Waals surface area contributed by atoms with Crippen molar-refractivity contribution in [3.8, 4) is 0 Å². The van der Waals surface area contributed by atoms with Crippen LogP contribution in [0, 0.1) is 47.3 Å². The van der Waals surface area contributed by atoms with Crippen molar-refractivity contribution in [2.75, 3.05) is 0 Å². The highest BCUT2D eigenvalue weighted by Gasteiger charge is 2.63. The quantitative estimate of drug-likeness (QED) is 0.702. The smallest absolute Gasteiger partial charge is 0.124 e. The first kappa shape index (κ1) is 11.2. The Morgan fingerprint density at radius 3 is 2.06 bits per heavy atom. The molecule has 0 aliphatic heterocycles. The normalized spacial score (nSPS) is 57.1. The highest BCUT2D eigenvalue weighted by Crippen LogP contribution is 2.68. The zero-order valence-electron chi connectivity index (χ0n) is 10.8. The standard InChI is InChI=1S/C16H22O2/c17-7-9-5-13-12-6-14(16(13)15(9)8-18)11-4-2-1-3-10(11)12/h7-16H,1-6H2. The molecule has 18 heavy (non-hydrogen) atoms. The fourth-order valence-electron chi connectivity index (χ4n) is 6.45. The summed E-state index contributed by atoms with van der Waals surface area (Å²) < 4.78 is 0. The van der Waals surface area contributed by atoms with E-state index in [2.05, 4.69) is 0 Å². The lowest BCUT2D eigenvalue weighted by Gasteiger charge is -2.42. The van der Waals surface area contributed by atoms with E-state index in [1.54, 1.807) is 0 Å². The van der Waals surface area contributed by atoms with E-state index < -0.39 is 0 Å². The molecular formula is C16H22O2. The van der Waals surface area contributed by atoms with E-state index >= 15 is 0 Å². The van der Waals surface area contributed by atoms with E-state index in [0.29, 0.717) is 11.8 Å². The van der Waals surface area contributed by atoms with Gasteiger partial charge in [0.15, 0.2) is 0 Å². The molecule has 4 rings (SSSR count). The van der Waals surface area contributed by atoms with E-state index in [4.69, 9.17) is 0 Å². The second kappa shape index (κ2) is 3.91. The number of hydrogen-bond donors (Lipinski definition) is 0. The van der Waals surface area contributed by atoms with Crippen LogP contribution < -0.4 is 0 Å². The van der Waals surface area contributed by atoms with Gasteiger partial charge in [0.05, 0.1) is 0 Å². The molecule has 4 aliphatic rings. The molecule has 4 fully saturated rings. The molecule has 0 radical (unpaired) electrons. The Labute approximate surface area is 109 Å². The van der Waals surface area contributed by atoms with Gasteiger partial charge in [0.1, 0.15) is 12.6 Å². The number of rotatable bonds is 2. The predicted octanol–water partition coefficient (Wildman–Crippen LogP) is 2.71. The number of hydrogen-bond acceptors (Lipinski definition) is 2. The SMILES string of the molecule is O=CC1CC2C3CC(C4CCCCC34)C2C1C=O. The topological polar surface area (TPSA) is 34.1 Å². The van der Waals surface area contributed by atoms with Crippen LogP contribution in [0.5, 0.6) is 0 Å². The molecule has 2 heteroatoms. The molecule has 0 N–H and O–H groups in total. The monoisotopic (exact) mass is 246 g/mol. The van der Waals surface area contributed by atoms with Gasteiger partial charge in [-0.1, -0.05) is 12.8 Å². The predicted molar refractivity (Wildman–Crippen MR) is 67.8 cm³/mol. The van der Waals surface area contributed by atoms with Crippen LogP contribution in [0.25, 0.3) is 0 Å². The second-order valence-corrected chi connectivity index (χ2v) is 7.17. The van der Waals surface area contributed by atoms with Crippen molar-refractivity contribution in [2.24, 2.45) is 47.3 Å². The Hall–Kier alpha value is -0.660. The maximum Gasteiger partial charge on any atom is 0.124 e. The summed E-state index contributed by atoms with van der Waals surface area (Å²) in [4.78, 5) is 22.6. The lowest BCUT2D eigenvalue weighted by atomic mass is 9.63. The van der Waals surface area contributed by atoms with Crippen LogP contribution in [-0.2, 0) is 9.59 Å². The van der Waals surface area contributed by atoms with Gasteiger partial charge >= 0.3 is 0 Å². The van der Waals surface area contributed by atoms with Crippen molar-refractivity contribution in [3.63, 3.8) is 0 Å². The van der Waals surface area contributed by atoms with Crippen LogP contribution in [0.15, 0.2) is 0 Å². The van der Waals surface area contributed by atoms with Crippen molar-refractivity contribution in [3.05, 3.63) is 0 Å². The third-order valence-electron chi connectivity index (χ3n) is 6.87. The number of carbonyl (C=O) groups excluding carboxylic acids is 2. The van der Waals surface area contributed by atoms with Crippen LogP contribution in [0.2, 0.25) is 0 Å². The molecule has 0 heterocycles. The van der Waals surface area contributed by atoms with Crippen molar-refractivity contribution in [1.82, 2.24) is 0 Å². The van der Waals surface area contributed by atoms with Crippen molar-refractivity contribution >= 4 is 12.6 Å². The summed E-state index contributed by atoms with van der Waals surface area (Å²) in [5.74, 6) is 4.87. The summed E-state index contributed by atoms with van der Waals surface area (Å²) in [6.07, 6.45) is 10.2. The molecule has 2 nitrogen and oxygen atoms in total. The second-order valence-electron chi connectivity index (χ2n) is 7.17. The van der Waals surface area contributed by atoms with Crippen LogP contribution in [0.4, 0.5) is 0 Å². The summed E-state index contributed by atoms with van der Waals surface area (Å²) in [6.45, 7) is 0. The highest BCUT2D eigenvalue weighted by molar-refractivity contribution is 5.66. The van der Waals surface area contributed by atoms with Gasteiger partial charge in [0.2, 0.25) is 0 Å². The minimum absolute atomic E-state index is 0.0444. The molecule has 0 aromatic rings. The van der Waals surface area contributed by atoms with Gasteiger partial charge in [-0.05, 0) is 61.2 Å². The highest BCUT2D eigenvalue weighted by atomic mass is 16.1. The number of carbonyl (C=O) groups is 2. The van der Waals surface area contributed by atoms with Gasteiger partial charge in [-0.25, -0.2) is 0 Å². The van der Waals surface area contributed by atoms with Gasteiger partial charge in [0, 0.05) is 11.8 Å². The zero-order valence-corrected chi connectivity index (χ0v) is 10.8. The van der Waals surface area contributed by atoms with E-state index in [9.17, 15) is 9.59 Å². The number of fused-ring (bicyclic) bond motifs is 8. The Bertz CT molecular complexity index is 377. The van der Waals surface area contributed by atoms with Gasteiger partial charge in [0.25, 0.3) is 0 Å². The first-order chi connectivity index (χ1) is 8.85. The molecule has 4 aliphatic carbocycles. The molecule has 8 atom stereocenters. The van der Waals surface area contributed by atoms with Crippen LogP contribution in [0.3, 0.4) is 0 Å². The summed E-state index contributed by atoms with van der Waals surface area (Å²) >= 11 is 0. The van der Waals surface area contributed by atoms with E-state index in [0.717, 1.165) is 42.7 Å². The minimum Gasteiger partial charge on any atom is -0.303 e. The Morgan fingerprint density at radius 2 is 1.39 bits per heavy atom. The largest absolute Gasteiger partial charge is 0.303 e. The summed E-state index contributed by atoms with van der Waals surface area (Å²) in [5, 5.41) is 0. The molecular weight excluding hydrogens is 224 g/mol. The van der Waals surface area contributed by atoms with Gasteiger partial charge < -0.3 is 9.59 Å². The van der Waals surface area contributed by atoms with Crippen LogP contribution in [-0.4, -0.2) is 12.6 Å². The summed E-state index contributed by atoms with van der Waals surface area (Å²) in [5.41, 5.74) is 0. The minimum atomic E-state index is 0.0444. The Morgan fingerprint density at radius 1 is 0.722 bits per heavy atom. The molecule has 0 aromatic heterocycles. The van der Waals surface area contributed by atoms with Crippen LogP contribution in [0.1, 0.15) is 38.5 Å². The maximum atomic E-state index is 11.4. The first-order valence-electron chi connectivity index (χ1n) is 7.75.